The zero-order chi connectivity index (χ0) is 15.2. The standard InChI is InChI=1S/C14H18N2O5/c1-19-13(17)10-7-12(9-15-8-10)21-11-3-5-16(6-4-11)14(18)20-2/h7-9,11H,3-6H2,1-2H3. The Hall–Kier alpha value is -2.31. The Balaban J connectivity index is 1.92. The summed E-state index contributed by atoms with van der Waals surface area (Å²) < 4.78 is 15.1. The number of esters is 1. The van der Waals surface area contributed by atoms with Gasteiger partial charge in [0.2, 0.25) is 0 Å². The van der Waals surface area contributed by atoms with Gasteiger partial charge >= 0.3 is 12.1 Å². The Labute approximate surface area is 122 Å². The zero-order valence-electron chi connectivity index (χ0n) is 12.1. The van der Waals surface area contributed by atoms with Gasteiger partial charge in [-0.15, -0.1) is 0 Å². The lowest BCUT2D eigenvalue weighted by Crippen LogP contribution is -2.41. The first-order chi connectivity index (χ1) is 10.1. The molecule has 1 aliphatic rings. The van der Waals surface area contributed by atoms with E-state index in [1.807, 2.05) is 0 Å². The van der Waals surface area contributed by atoms with Gasteiger partial charge < -0.3 is 19.1 Å². The summed E-state index contributed by atoms with van der Waals surface area (Å²) in [7, 11) is 2.69. The van der Waals surface area contributed by atoms with E-state index >= 15 is 0 Å². The molecule has 0 aliphatic carbocycles. The minimum absolute atomic E-state index is 0.0133. The molecule has 1 amide bonds. The third kappa shape index (κ3) is 3.84. The van der Waals surface area contributed by atoms with E-state index in [2.05, 4.69) is 14.5 Å². The number of hydrogen-bond acceptors (Lipinski definition) is 6. The molecule has 21 heavy (non-hydrogen) atoms. The van der Waals surface area contributed by atoms with Crippen molar-refractivity contribution in [1.29, 1.82) is 0 Å². The lowest BCUT2D eigenvalue weighted by Gasteiger charge is -2.31. The van der Waals surface area contributed by atoms with Gasteiger partial charge in [0.1, 0.15) is 11.9 Å². The molecule has 0 radical (unpaired) electrons. The second kappa shape index (κ2) is 6.92. The van der Waals surface area contributed by atoms with Crippen molar-refractivity contribution < 1.29 is 23.8 Å². The van der Waals surface area contributed by atoms with E-state index in [4.69, 9.17) is 4.74 Å². The fraction of sp³-hybridized carbons (Fsp3) is 0.500. The van der Waals surface area contributed by atoms with Crippen LogP contribution in [0, 0.1) is 0 Å². The summed E-state index contributed by atoms with van der Waals surface area (Å²) in [6.07, 6.45) is 4.07. The third-order valence-corrected chi connectivity index (χ3v) is 3.31. The molecule has 0 aromatic carbocycles. The number of pyridine rings is 1. The first-order valence-electron chi connectivity index (χ1n) is 6.67. The molecule has 7 heteroatoms. The molecule has 0 N–H and O–H groups in total. The molecule has 1 aromatic rings. The van der Waals surface area contributed by atoms with Gasteiger partial charge in [-0.25, -0.2) is 9.59 Å². The van der Waals surface area contributed by atoms with Crippen LogP contribution >= 0.6 is 0 Å². The van der Waals surface area contributed by atoms with Crippen LogP contribution in [0.25, 0.3) is 0 Å². The van der Waals surface area contributed by atoms with Crippen LogP contribution in [0.1, 0.15) is 23.2 Å². The first-order valence-corrected chi connectivity index (χ1v) is 6.67. The van der Waals surface area contributed by atoms with Crippen LogP contribution in [0.5, 0.6) is 5.75 Å². The summed E-state index contributed by atoms with van der Waals surface area (Å²) in [4.78, 5) is 28.4. The van der Waals surface area contributed by atoms with Crippen molar-refractivity contribution in [2.75, 3.05) is 27.3 Å². The number of amides is 1. The van der Waals surface area contributed by atoms with Crippen molar-refractivity contribution in [3.8, 4) is 5.75 Å². The number of likely N-dealkylation sites (tertiary alicyclic amines) is 1. The molecule has 7 nitrogen and oxygen atoms in total. The Morgan fingerprint density at radius 3 is 2.52 bits per heavy atom. The van der Waals surface area contributed by atoms with E-state index in [0.29, 0.717) is 37.2 Å². The second-order valence-electron chi connectivity index (χ2n) is 4.68. The van der Waals surface area contributed by atoms with E-state index in [9.17, 15) is 9.59 Å². The van der Waals surface area contributed by atoms with E-state index in [-0.39, 0.29) is 12.2 Å². The van der Waals surface area contributed by atoms with Crippen molar-refractivity contribution >= 4 is 12.1 Å². The number of hydrogen-bond donors (Lipinski definition) is 0. The van der Waals surface area contributed by atoms with Gasteiger partial charge in [-0.1, -0.05) is 0 Å². The van der Waals surface area contributed by atoms with E-state index in [1.165, 1.54) is 20.4 Å². The van der Waals surface area contributed by atoms with Gasteiger partial charge in [-0.3, -0.25) is 4.98 Å². The molecule has 0 atom stereocenters. The highest BCUT2D eigenvalue weighted by Crippen LogP contribution is 2.19. The predicted molar refractivity (Wildman–Crippen MR) is 73.2 cm³/mol. The quantitative estimate of drug-likeness (QED) is 0.786. The molecule has 1 saturated heterocycles. The van der Waals surface area contributed by atoms with Crippen LogP contribution in [-0.2, 0) is 9.47 Å². The van der Waals surface area contributed by atoms with Crippen LogP contribution in [0.2, 0.25) is 0 Å². The number of ether oxygens (including phenoxy) is 3. The summed E-state index contributed by atoms with van der Waals surface area (Å²) in [5.74, 6) is 0.0721. The van der Waals surface area contributed by atoms with E-state index in [0.717, 1.165) is 0 Å². The molecule has 2 heterocycles. The largest absolute Gasteiger partial charge is 0.489 e. The summed E-state index contributed by atoms with van der Waals surface area (Å²) in [5, 5.41) is 0. The summed E-state index contributed by atoms with van der Waals surface area (Å²) >= 11 is 0. The highest BCUT2D eigenvalue weighted by atomic mass is 16.5. The minimum atomic E-state index is -0.450. The molecule has 0 spiro atoms. The summed E-state index contributed by atoms with van der Waals surface area (Å²) in [6.45, 7) is 1.17. The molecule has 2 rings (SSSR count). The Bertz CT molecular complexity index is 512. The van der Waals surface area contributed by atoms with Crippen molar-refractivity contribution in [2.45, 2.75) is 18.9 Å². The van der Waals surface area contributed by atoms with Crippen LogP contribution in [-0.4, -0.2) is 55.4 Å². The fourth-order valence-corrected chi connectivity index (χ4v) is 2.19. The number of rotatable bonds is 3. The predicted octanol–water partition coefficient (Wildman–Crippen LogP) is 1.48. The molecule has 1 aromatic heterocycles. The van der Waals surface area contributed by atoms with E-state index in [1.54, 1.807) is 17.2 Å². The normalized spacial score (nSPS) is 15.4. The van der Waals surface area contributed by atoms with Crippen LogP contribution < -0.4 is 4.74 Å². The van der Waals surface area contributed by atoms with Crippen LogP contribution in [0.3, 0.4) is 0 Å². The van der Waals surface area contributed by atoms with Gasteiger partial charge in [-0.05, 0) is 6.07 Å². The average Bonchev–Trinajstić information content (AvgIpc) is 2.54. The lowest BCUT2D eigenvalue weighted by molar-refractivity contribution is 0.0596. The number of methoxy groups -OCH3 is 2. The average molecular weight is 294 g/mol. The lowest BCUT2D eigenvalue weighted by atomic mass is 10.1. The molecule has 0 bridgehead atoms. The second-order valence-corrected chi connectivity index (χ2v) is 4.68. The summed E-state index contributed by atoms with van der Waals surface area (Å²) in [6, 6.07) is 1.60. The third-order valence-electron chi connectivity index (χ3n) is 3.31. The van der Waals surface area contributed by atoms with Gasteiger partial charge in [0.15, 0.2) is 0 Å². The highest BCUT2D eigenvalue weighted by molar-refractivity contribution is 5.89. The topological polar surface area (TPSA) is 78.0 Å². The fourth-order valence-electron chi connectivity index (χ4n) is 2.19. The SMILES string of the molecule is COC(=O)c1cncc(OC2CCN(C(=O)OC)CC2)c1. The molecule has 0 unspecified atom stereocenters. The molecule has 114 valence electrons. The maximum absolute atomic E-state index is 11.4. The number of aromatic nitrogens is 1. The van der Waals surface area contributed by atoms with Gasteiger partial charge in [0.05, 0.1) is 26.0 Å². The van der Waals surface area contributed by atoms with Crippen molar-refractivity contribution in [3.63, 3.8) is 0 Å². The Kier molecular flexibility index (Phi) is 4.97. The summed E-state index contributed by atoms with van der Waals surface area (Å²) in [5.41, 5.74) is 0.349. The maximum Gasteiger partial charge on any atom is 0.409 e. The van der Waals surface area contributed by atoms with Crippen LogP contribution in [0.15, 0.2) is 18.5 Å². The molecule has 1 aliphatic heterocycles. The van der Waals surface area contributed by atoms with Gasteiger partial charge in [0, 0.05) is 32.1 Å². The smallest absolute Gasteiger partial charge is 0.409 e. The molecule has 1 fully saturated rings. The van der Waals surface area contributed by atoms with Gasteiger partial charge in [-0.2, -0.15) is 0 Å². The van der Waals surface area contributed by atoms with Crippen LogP contribution in [0.4, 0.5) is 4.79 Å². The molecular weight excluding hydrogens is 276 g/mol. The molecule has 0 saturated carbocycles. The molecular formula is C14H18N2O5. The van der Waals surface area contributed by atoms with Crippen molar-refractivity contribution in [1.82, 2.24) is 9.88 Å². The first kappa shape index (κ1) is 15.1. The number of carbonyl (C=O) groups excluding carboxylic acids is 2. The Morgan fingerprint density at radius 1 is 1.19 bits per heavy atom. The van der Waals surface area contributed by atoms with E-state index < -0.39 is 5.97 Å². The number of piperidine rings is 1. The van der Waals surface area contributed by atoms with Crippen molar-refractivity contribution in [3.05, 3.63) is 24.0 Å². The number of carbonyl (C=O) groups is 2. The van der Waals surface area contributed by atoms with Gasteiger partial charge in [0.25, 0.3) is 0 Å². The highest BCUT2D eigenvalue weighted by Gasteiger charge is 2.24. The maximum atomic E-state index is 11.4. The minimum Gasteiger partial charge on any atom is -0.489 e. The van der Waals surface area contributed by atoms with Crippen molar-refractivity contribution in [2.24, 2.45) is 0 Å². The zero-order valence-corrected chi connectivity index (χ0v) is 12.1. The monoisotopic (exact) mass is 294 g/mol. The number of nitrogens with zero attached hydrogens (tertiary/aromatic N) is 2. The Morgan fingerprint density at radius 2 is 1.90 bits per heavy atom.